The Hall–Kier alpha value is -1.75. The highest BCUT2D eigenvalue weighted by atomic mass is 16.5. The minimum atomic E-state index is 0.797. The van der Waals surface area contributed by atoms with E-state index in [-0.39, 0.29) is 0 Å². The van der Waals surface area contributed by atoms with Crippen molar-refractivity contribution in [3.8, 4) is 6.07 Å². The summed E-state index contributed by atoms with van der Waals surface area (Å²) < 4.78 is 5.84. The zero-order chi connectivity index (χ0) is 12.1. The normalized spacial score (nSPS) is 19.5. The van der Waals surface area contributed by atoms with E-state index in [1.165, 1.54) is 5.57 Å². The van der Waals surface area contributed by atoms with Crippen molar-refractivity contribution in [3.05, 3.63) is 47.0 Å². The van der Waals surface area contributed by atoms with E-state index in [0.717, 1.165) is 49.2 Å². The highest BCUT2D eigenvalue weighted by Crippen LogP contribution is 2.26. The SMILES string of the molecule is CCC1=CC=C(OC2=CC=C(C#N)CC2)CC1. The molecule has 2 nitrogen and oxygen atoms in total. The van der Waals surface area contributed by atoms with Gasteiger partial charge >= 0.3 is 0 Å². The van der Waals surface area contributed by atoms with Crippen molar-refractivity contribution in [2.24, 2.45) is 0 Å². The number of nitriles is 1. The Morgan fingerprint density at radius 1 is 1.06 bits per heavy atom. The average Bonchev–Trinajstić information content (AvgIpc) is 2.40. The fourth-order valence-corrected chi connectivity index (χ4v) is 2.01. The Morgan fingerprint density at radius 3 is 2.24 bits per heavy atom. The van der Waals surface area contributed by atoms with Gasteiger partial charge in [-0.3, -0.25) is 0 Å². The number of nitrogens with zero attached hydrogens (tertiary/aromatic N) is 1. The van der Waals surface area contributed by atoms with Crippen molar-refractivity contribution in [1.82, 2.24) is 0 Å². The molecule has 0 saturated carbocycles. The van der Waals surface area contributed by atoms with E-state index in [4.69, 9.17) is 10.00 Å². The molecule has 2 heteroatoms. The fraction of sp³-hybridized carbons (Fsp3) is 0.400. The van der Waals surface area contributed by atoms with Gasteiger partial charge in [-0.2, -0.15) is 5.26 Å². The summed E-state index contributed by atoms with van der Waals surface area (Å²) in [7, 11) is 0. The van der Waals surface area contributed by atoms with E-state index in [1.54, 1.807) is 0 Å². The molecule has 0 radical (unpaired) electrons. The van der Waals surface area contributed by atoms with Gasteiger partial charge in [0.05, 0.1) is 6.07 Å². The van der Waals surface area contributed by atoms with Gasteiger partial charge in [0, 0.05) is 18.4 Å². The van der Waals surface area contributed by atoms with Crippen LogP contribution in [0, 0.1) is 11.3 Å². The van der Waals surface area contributed by atoms with Crippen LogP contribution in [0.15, 0.2) is 47.0 Å². The second-order valence-electron chi connectivity index (χ2n) is 4.35. The Morgan fingerprint density at radius 2 is 1.76 bits per heavy atom. The Kier molecular flexibility index (Phi) is 3.82. The maximum Gasteiger partial charge on any atom is 0.104 e. The molecule has 2 rings (SSSR count). The first-order chi connectivity index (χ1) is 8.31. The summed E-state index contributed by atoms with van der Waals surface area (Å²) in [6.07, 6.45) is 12.9. The predicted molar refractivity (Wildman–Crippen MR) is 67.8 cm³/mol. The molecule has 0 aromatic rings. The molecule has 2 aliphatic rings. The van der Waals surface area contributed by atoms with Crippen molar-refractivity contribution in [2.45, 2.75) is 39.0 Å². The first kappa shape index (κ1) is 11.7. The van der Waals surface area contributed by atoms with Gasteiger partial charge in [-0.1, -0.05) is 18.6 Å². The lowest BCUT2D eigenvalue weighted by Crippen LogP contribution is -2.00. The van der Waals surface area contributed by atoms with Crippen LogP contribution in [0.1, 0.15) is 39.0 Å². The molecule has 0 unspecified atom stereocenters. The van der Waals surface area contributed by atoms with Gasteiger partial charge in [0.1, 0.15) is 11.5 Å². The van der Waals surface area contributed by atoms with Crippen LogP contribution < -0.4 is 0 Å². The van der Waals surface area contributed by atoms with Crippen LogP contribution in [-0.2, 0) is 4.74 Å². The van der Waals surface area contributed by atoms with Crippen LogP contribution in [0.2, 0.25) is 0 Å². The van der Waals surface area contributed by atoms with Gasteiger partial charge < -0.3 is 4.74 Å². The molecule has 0 aromatic carbocycles. The van der Waals surface area contributed by atoms with Crippen LogP contribution in [-0.4, -0.2) is 0 Å². The molecule has 2 aliphatic carbocycles. The van der Waals surface area contributed by atoms with Crippen LogP contribution in [0.4, 0.5) is 0 Å². The number of allylic oxidation sites excluding steroid dienone is 8. The maximum absolute atomic E-state index is 8.75. The van der Waals surface area contributed by atoms with E-state index in [9.17, 15) is 0 Å². The molecule has 0 atom stereocenters. The lowest BCUT2D eigenvalue weighted by atomic mass is 10.0. The molecule has 0 amide bonds. The van der Waals surface area contributed by atoms with Crippen molar-refractivity contribution in [1.29, 1.82) is 5.26 Å². The first-order valence-corrected chi connectivity index (χ1v) is 6.18. The molecule has 0 aromatic heterocycles. The van der Waals surface area contributed by atoms with Gasteiger partial charge in [-0.15, -0.1) is 0 Å². The minimum Gasteiger partial charge on any atom is -0.466 e. The summed E-state index contributed by atoms with van der Waals surface area (Å²) in [6.45, 7) is 2.18. The van der Waals surface area contributed by atoms with E-state index in [2.05, 4.69) is 25.1 Å². The molecule has 88 valence electrons. The smallest absolute Gasteiger partial charge is 0.104 e. The summed E-state index contributed by atoms with van der Waals surface area (Å²) in [6, 6.07) is 2.18. The van der Waals surface area contributed by atoms with Gasteiger partial charge in [-0.25, -0.2) is 0 Å². The van der Waals surface area contributed by atoms with Crippen molar-refractivity contribution in [3.63, 3.8) is 0 Å². The third-order valence-electron chi connectivity index (χ3n) is 3.17. The average molecular weight is 227 g/mol. The highest BCUT2D eigenvalue weighted by Gasteiger charge is 2.11. The molecule has 0 heterocycles. The lowest BCUT2D eigenvalue weighted by Gasteiger charge is -2.18. The summed E-state index contributed by atoms with van der Waals surface area (Å²) in [5.74, 6) is 2.02. The molecule has 0 saturated heterocycles. The minimum absolute atomic E-state index is 0.797. The van der Waals surface area contributed by atoms with E-state index in [1.807, 2.05) is 12.2 Å². The number of rotatable bonds is 3. The predicted octanol–water partition coefficient (Wildman–Crippen LogP) is 4.14. The van der Waals surface area contributed by atoms with Crippen molar-refractivity contribution >= 4 is 0 Å². The lowest BCUT2D eigenvalue weighted by molar-refractivity contribution is 0.274. The Bertz CT molecular complexity index is 458. The van der Waals surface area contributed by atoms with Crippen LogP contribution >= 0.6 is 0 Å². The largest absolute Gasteiger partial charge is 0.466 e. The third kappa shape index (κ3) is 3.10. The zero-order valence-corrected chi connectivity index (χ0v) is 10.2. The van der Waals surface area contributed by atoms with E-state index in [0.29, 0.717) is 0 Å². The van der Waals surface area contributed by atoms with Gasteiger partial charge in [0.2, 0.25) is 0 Å². The molecule has 0 fully saturated rings. The van der Waals surface area contributed by atoms with E-state index >= 15 is 0 Å². The molecular weight excluding hydrogens is 210 g/mol. The van der Waals surface area contributed by atoms with Crippen LogP contribution in [0.3, 0.4) is 0 Å². The van der Waals surface area contributed by atoms with E-state index < -0.39 is 0 Å². The second-order valence-corrected chi connectivity index (χ2v) is 4.35. The monoisotopic (exact) mass is 227 g/mol. The molecule has 0 N–H and O–H groups in total. The molecular formula is C15H17NO. The highest BCUT2D eigenvalue weighted by molar-refractivity contribution is 5.31. The van der Waals surface area contributed by atoms with Crippen LogP contribution in [0.5, 0.6) is 0 Å². The van der Waals surface area contributed by atoms with Gasteiger partial charge in [0.25, 0.3) is 0 Å². The molecule has 17 heavy (non-hydrogen) atoms. The van der Waals surface area contributed by atoms with Crippen molar-refractivity contribution < 1.29 is 4.74 Å². The number of hydrogen-bond donors (Lipinski definition) is 0. The number of hydrogen-bond acceptors (Lipinski definition) is 2. The maximum atomic E-state index is 8.75. The van der Waals surface area contributed by atoms with Crippen LogP contribution in [0.25, 0.3) is 0 Å². The fourth-order valence-electron chi connectivity index (χ4n) is 2.01. The third-order valence-corrected chi connectivity index (χ3v) is 3.17. The summed E-state index contributed by atoms with van der Waals surface area (Å²) >= 11 is 0. The molecule has 0 aliphatic heterocycles. The summed E-state index contributed by atoms with van der Waals surface area (Å²) in [5.41, 5.74) is 2.32. The quantitative estimate of drug-likeness (QED) is 0.725. The zero-order valence-electron chi connectivity index (χ0n) is 10.2. The topological polar surface area (TPSA) is 33.0 Å². The van der Waals surface area contributed by atoms with Crippen molar-refractivity contribution in [2.75, 3.05) is 0 Å². The summed E-state index contributed by atoms with van der Waals surface area (Å²) in [4.78, 5) is 0. The van der Waals surface area contributed by atoms with Gasteiger partial charge in [0.15, 0.2) is 0 Å². The standard InChI is InChI=1S/C15H17NO/c1-2-12-3-7-14(8-4-12)17-15-9-5-13(11-16)6-10-15/h3,5,7,9H,2,4,6,8,10H2,1H3. The number of ether oxygens (including phenoxy) is 1. The Labute approximate surface area is 103 Å². The molecule has 0 bridgehead atoms. The second kappa shape index (κ2) is 5.54. The van der Waals surface area contributed by atoms with Gasteiger partial charge in [-0.05, 0) is 37.5 Å². The molecule has 0 spiro atoms. The Balaban J connectivity index is 1.98. The first-order valence-electron chi connectivity index (χ1n) is 6.18. The summed E-state index contributed by atoms with van der Waals surface area (Å²) in [5, 5.41) is 8.75.